The van der Waals surface area contributed by atoms with E-state index in [9.17, 15) is 4.79 Å². The van der Waals surface area contributed by atoms with Gasteiger partial charge in [0.1, 0.15) is 0 Å². The molecule has 0 saturated carbocycles. The first kappa shape index (κ1) is 21.7. The summed E-state index contributed by atoms with van der Waals surface area (Å²) in [7, 11) is 0. The highest BCUT2D eigenvalue weighted by Gasteiger charge is 2.28. The van der Waals surface area contributed by atoms with Gasteiger partial charge in [-0.1, -0.05) is 55.5 Å². The van der Waals surface area contributed by atoms with Crippen molar-refractivity contribution >= 4 is 11.5 Å². The lowest BCUT2D eigenvalue weighted by Gasteiger charge is -2.34. The predicted octanol–water partition coefficient (Wildman–Crippen LogP) is 6.74. The van der Waals surface area contributed by atoms with Crippen molar-refractivity contribution in [2.24, 2.45) is 5.41 Å². The third-order valence-electron chi connectivity index (χ3n) is 5.63. The second kappa shape index (κ2) is 9.63. The van der Waals surface area contributed by atoms with Gasteiger partial charge in [0, 0.05) is 5.56 Å². The van der Waals surface area contributed by atoms with E-state index in [1.54, 1.807) is 19.1 Å². The molecule has 154 valence electrons. The first-order valence-electron chi connectivity index (χ1n) is 10.7. The first-order valence-corrected chi connectivity index (χ1v) is 10.7. The fourth-order valence-corrected chi connectivity index (χ4v) is 3.92. The molecule has 0 fully saturated rings. The highest BCUT2D eigenvalue weighted by atomic mass is 16.5. The van der Waals surface area contributed by atoms with E-state index in [-0.39, 0.29) is 11.4 Å². The standard InChI is InChI=1S/C28H30O2/c1-5-30-27(29)24-18-14-22(15-19-24)9-6-7-11-26-25(10-8-20-28(26,3)4)23-16-12-21(2)13-17-23/h7,11-19H,5,8,10,20H2,1-4H3/b11-7+. The van der Waals surface area contributed by atoms with Crippen molar-refractivity contribution in [2.45, 2.75) is 47.0 Å². The second-order valence-electron chi connectivity index (χ2n) is 8.40. The molecule has 1 aliphatic rings. The lowest BCUT2D eigenvalue weighted by atomic mass is 9.71. The maximum atomic E-state index is 11.7. The zero-order valence-corrected chi connectivity index (χ0v) is 18.4. The van der Waals surface area contributed by atoms with Crippen LogP contribution in [0.5, 0.6) is 0 Å². The Morgan fingerprint density at radius 3 is 2.47 bits per heavy atom. The predicted molar refractivity (Wildman–Crippen MR) is 124 cm³/mol. The molecule has 0 atom stereocenters. The summed E-state index contributed by atoms with van der Waals surface area (Å²) in [6.45, 7) is 8.95. The highest BCUT2D eigenvalue weighted by molar-refractivity contribution is 5.89. The van der Waals surface area contributed by atoms with Crippen molar-refractivity contribution in [3.05, 3.63) is 88.5 Å². The van der Waals surface area contributed by atoms with E-state index in [1.807, 2.05) is 18.2 Å². The quantitative estimate of drug-likeness (QED) is 0.421. The second-order valence-corrected chi connectivity index (χ2v) is 8.40. The minimum absolute atomic E-state index is 0.137. The number of hydrogen-bond acceptors (Lipinski definition) is 2. The lowest BCUT2D eigenvalue weighted by molar-refractivity contribution is 0.0526. The summed E-state index contributed by atoms with van der Waals surface area (Å²) in [4.78, 5) is 11.7. The summed E-state index contributed by atoms with van der Waals surface area (Å²) in [5.41, 5.74) is 6.98. The molecule has 2 nitrogen and oxygen atoms in total. The molecule has 0 unspecified atom stereocenters. The van der Waals surface area contributed by atoms with Crippen molar-refractivity contribution in [3.8, 4) is 11.8 Å². The van der Waals surface area contributed by atoms with Gasteiger partial charge in [0.05, 0.1) is 12.2 Å². The van der Waals surface area contributed by atoms with Crippen molar-refractivity contribution in [1.29, 1.82) is 0 Å². The Morgan fingerprint density at radius 1 is 1.10 bits per heavy atom. The number of carbonyl (C=O) groups excluding carboxylic acids is 1. The van der Waals surface area contributed by atoms with Gasteiger partial charge in [0.25, 0.3) is 0 Å². The van der Waals surface area contributed by atoms with Crippen molar-refractivity contribution in [2.75, 3.05) is 6.61 Å². The molecule has 2 heteroatoms. The molecule has 3 rings (SSSR count). The van der Waals surface area contributed by atoms with Crippen LogP contribution < -0.4 is 0 Å². The van der Waals surface area contributed by atoms with E-state index in [2.05, 4.69) is 63.0 Å². The summed E-state index contributed by atoms with van der Waals surface area (Å²) in [6, 6.07) is 16.1. The van der Waals surface area contributed by atoms with Gasteiger partial charge in [-0.05, 0) is 91.7 Å². The maximum Gasteiger partial charge on any atom is 0.338 e. The molecule has 2 aromatic rings. The monoisotopic (exact) mass is 398 g/mol. The van der Waals surface area contributed by atoms with E-state index in [0.29, 0.717) is 12.2 Å². The van der Waals surface area contributed by atoms with Gasteiger partial charge >= 0.3 is 5.97 Å². The number of carbonyl (C=O) groups is 1. The number of allylic oxidation sites excluding steroid dienone is 4. The van der Waals surface area contributed by atoms with Gasteiger partial charge in [-0.25, -0.2) is 4.79 Å². The average molecular weight is 399 g/mol. The third kappa shape index (κ3) is 5.30. The van der Waals surface area contributed by atoms with Gasteiger partial charge in [-0.15, -0.1) is 0 Å². The molecule has 0 bridgehead atoms. The van der Waals surface area contributed by atoms with Crippen molar-refractivity contribution in [1.82, 2.24) is 0 Å². The van der Waals surface area contributed by atoms with Crippen LogP contribution in [0.2, 0.25) is 0 Å². The van der Waals surface area contributed by atoms with Crippen LogP contribution >= 0.6 is 0 Å². The van der Waals surface area contributed by atoms with Gasteiger partial charge in [0.15, 0.2) is 0 Å². The Morgan fingerprint density at radius 2 is 1.80 bits per heavy atom. The summed E-state index contributed by atoms with van der Waals surface area (Å²) < 4.78 is 5.01. The van der Waals surface area contributed by atoms with E-state index in [1.165, 1.54) is 35.1 Å². The highest BCUT2D eigenvalue weighted by Crippen LogP contribution is 2.44. The number of ether oxygens (including phenoxy) is 1. The molecular formula is C28H30O2. The van der Waals surface area contributed by atoms with Gasteiger partial charge < -0.3 is 4.74 Å². The van der Waals surface area contributed by atoms with Crippen LogP contribution in [0, 0.1) is 24.2 Å². The molecule has 0 N–H and O–H groups in total. The zero-order chi connectivity index (χ0) is 21.6. The number of hydrogen-bond donors (Lipinski definition) is 0. The molecule has 0 heterocycles. The van der Waals surface area contributed by atoms with E-state index in [0.717, 1.165) is 12.0 Å². The van der Waals surface area contributed by atoms with Crippen LogP contribution in [0.4, 0.5) is 0 Å². The first-order chi connectivity index (χ1) is 14.4. The fraction of sp³-hybridized carbons (Fsp3) is 0.321. The fourth-order valence-electron chi connectivity index (χ4n) is 3.92. The van der Waals surface area contributed by atoms with Crippen LogP contribution in [-0.4, -0.2) is 12.6 Å². The third-order valence-corrected chi connectivity index (χ3v) is 5.63. The van der Waals surface area contributed by atoms with Crippen LogP contribution in [0.1, 0.15) is 67.1 Å². The summed E-state index contributed by atoms with van der Waals surface area (Å²) >= 11 is 0. The SMILES string of the molecule is CCOC(=O)c1ccc(C#C/C=C/C2=C(c3ccc(C)cc3)CCCC2(C)C)cc1. The number of rotatable bonds is 4. The minimum Gasteiger partial charge on any atom is -0.462 e. The molecule has 0 saturated heterocycles. The Balaban J connectivity index is 1.82. The van der Waals surface area contributed by atoms with Gasteiger partial charge in [0.2, 0.25) is 0 Å². The van der Waals surface area contributed by atoms with Crippen LogP contribution in [0.15, 0.2) is 66.3 Å². The van der Waals surface area contributed by atoms with Crippen molar-refractivity contribution in [3.63, 3.8) is 0 Å². The molecule has 30 heavy (non-hydrogen) atoms. The number of aryl methyl sites for hydroxylation is 1. The molecule has 2 aromatic carbocycles. The number of benzene rings is 2. The molecule has 0 aliphatic heterocycles. The van der Waals surface area contributed by atoms with Gasteiger partial charge in [-0.3, -0.25) is 0 Å². The summed E-state index contributed by atoms with van der Waals surface area (Å²) in [5, 5.41) is 0. The topological polar surface area (TPSA) is 26.3 Å². The Labute approximate surface area is 180 Å². The molecular weight excluding hydrogens is 368 g/mol. The summed E-state index contributed by atoms with van der Waals surface area (Å²) in [5.74, 6) is 6.02. The van der Waals surface area contributed by atoms with E-state index >= 15 is 0 Å². The maximum absolute atomic E-state index is 11.7. The Bertz CT molecular complexity index is 1010. The molecule has 0 spiro atoms. The number of esters is 1. The molecule has 0 radical (unpaired) electrons. The molecule has 0 aromatic heterocycles. The lowest BCUT2D eigenvalue weighted by Crippen LogP contribution is -2.19. The average Bonchev–Trinajstić information content (AvgIpc) is 2.73. The van der Waals surface area contributed by atoms with E-state index in [4.69, 9.17) is 4.74 Å². The summed E-state index contributed by atoms with van der Waals surface area (Å²) in [6.07, 6.45) is 7.65. The smallest absolute Gasteiger partial charge is 0.338 e. The van der Waals surface area contributed by atoms with Crippen molar-refractivity contribution < 1.29 is 9.53 Å². The minimum atomic E-state index is -0.299. The normalized spacial score (nSPS) is 15.6. The zero-order valence-electron chi connectivity index (χ0n) is 18.4. The van der Waals surface area contributed by atoms with Crippen LogP contribution in [-0.2, 0) is 4.74 Å². The van der Waals surface area contributed by atoms with Gasteiger partial charge in [-0.2, -0.15) is 0 Å². The Kier molecular flexibility index (Phi) is 6.95. The Hall–Kier alpha value is -3.05. The van der Waals surface area contributed by atoms with E-state index < -0.39 is 0 Å². The molecule has 1 aliphatic carbocycles. The largest absolute Gasteiger partial charge is 0.462 e. The van der Waals surface area contributed by atoms with Crippen LogP contribution in [0.25, 0.3) is 5.57 Å². The molecule has 0 amide bonds. The van der Waals surface area contributed by atoms with Crippen LogP contribution in [0.3, 0.4) is 0 Å².